The van der Waals surface area contributed by atoms with Crippen molar-refractivity contribution in [2.45, 2.75) is 18.9 Å². The summed E-state index contributed by atoms with van der Waals surface area (Å²) in [4.78, 5) is 21.9. The third-order valence-electron chi connectivity index (χ3n) is 5.07. The van der Waals surface area contributed by atoms with E-state index in [1.807, 2.05) is 0 Å². The molecular weight excluding hydrogens is 384 g/mol. The Balaban J connectivity index is 1.66. The first kappa shape index (κ1) is 18.4. The predicted octanol–water partition coefficient (Wildman–Crippen LogP) is 5.13. The van der Waals surface area contributed by atoms with E-state index in [-0.39, 0.29) is 23.6 Å². The van der Waals surface area contributed by atoms with Gasteiger partial charge in [0.25, 0.3) is 5.91 Å². The van der Waals surface area contributed by atoms with E-state index in [0.717, 1.165) is 12.8 Å². The van der Waals surface area contributed by atoms with E-state index in [9.17, 15) is 13.6 Å². The minimum atomic E-state index is -0.352. The zero-order valence-corrected chi connectivity index (χ0v) is 15.9. The van der Waals surface area contributed by atoms with Crippen LogP contribution in [0.5, 0.6) is 0 Å². The Morgan fingerprint density at radius 3 is 1.83 bits per heavy atom. The number of amides is 1. The van der Waals surface area contributed by atoms with Gasteiger partial charge in [-0.3, -0.25) is 4.79 Å². The van der Waals surface area contributed by atoms with Crippen LogP contribution in [0.1, 0.15) is 23.2 Å². The number of halogens is 2. The molecule has 4 nitrogen and oxygen atoms in total. The van der Waals surface area contributed by atoms with Gasteiger partial charge in [0.2, 0.25) is 0 Å². The number of rotatable bonds is 4. The van der Waals surface area contributed by atoms with E-state index in [1.54, 1.807) is 42.5 Å². The third-order valence-corrected chi connectivity index (χ3v) is 5.07. The lowest BCUT2D eigenvalue weighted by atomic mass is 10.0. The molecular formula is C24H17F2N3O. The van der Waals surface area contributed by atoms with Crippen molar-refractivity contribution in [3.05, 3.63) is 83.9 Å². The maximum Gasteiger partial charge on any atom is 0.251 e. The standard InChI is InChI=1S/C24H17F2N3O/c25-17-6-1-14(2-7-17)22-23(15-3-8-18(26)9-4-15)29-21-13-16(5-12-20(21)28-22)24(30)27-19-10-11-19/h1-9,12-13,19H,10-11H2,(H,27,30). The number of fused-ring (bicyclic) bond motifs is 1. The van der Waals surface area contributed by atoms with Crippen LogP contribution in [0.4, 0.5) is 8.78 Å². The lowest BCUT2D eigenvalue weighted by molar-refractivity contribution is 0.0951. The summed E-state index contributed by atoms with van der Waals surface area (Å²) in [6.07, 6.45) is 2.02. The summed E-state index contributed by atoms with van der Waals surface area (Å²) in [5.41, 5.74) is 4.16. The van der Waals surface area contributed by atoms with Gasteiger partial charge in [-0.2, -0.15) is 0 Å². The number of aromatic nitrogens is 2. The highest BCUT2D eigenvalue weighted by Gasteiger charge is 2.24. The molecule has 5 rings (SSSR count). The SMILES string of the molecule is O=C(NC1CC1)c1ccc2nc(-c3ccc(F)cc3)c(-c3ccc(F)cc3)nc2c1. The van der Waals surface area contributed by atoms with Gasteiger partial charge >= 0.3 is 0 Å². The van der Waals surface area contributed by atoms with Crippen LogP contribution in [0.15, 0.2) is 66.7 Å². The average Bonchev–Trinajstić information content (AvgIpc) is 3.57. The Bertz CT molecular complexity index is 1250. The van der Waals surface area contributed by atoms with E-state index in [2.05, 4.69) is 5.32 Å². The Labute approximate surface area is 171 Å². The van der Waals surface area contributed by atoms with Crippen molar-refractivity contribution in [1.29, 1.82) is 0 Å². The molecule has 0 spiro atoms. The second-order valence-corrected chi connectivity index (χ2v) is 7.39. The fraction of sp³-hybridized carbons (Fsp3) is 0.125. The van der Waals surface area contributed by atoms with Crippen molar-refractivity contribution in [3.8, 4) is 22.5 Å². The van der Waals surface area contributed by atoms with Crippen LogP contribution in [0, 0.1) is 11.6 Å². The zero-order valence-electron chi connectivity index (χ0n) is 15.9. The molecule has 1 N–H and O–H groups in total. The average molecular weight is 401 g/mol. The third kappa shape index (κ3) is 3.64. The van der Waals surface area contributed by atoms with Gasteiger partial charge in [-0.15, -0.1) is 0 Å². The van der Waals surface area contributed by atoms with Crippen LogP contribution >= 0.6 is 0 Å². The molecule has 0 atom stereocenters. The molecule has 1 heterocycles. The topological polar surface area (TPSA) is 54.9 Å². The molecule has 1 aliphatic carbocycles. The molecule has 0 bridgehead atoms. The van der Waals surface area contributed by atoms with Crippen LogP contribution in [-0.2, 0) is 0 Å². The van der Waals surface area contributed by atoms with E-state index in [1.165, 1.54) is 24.3 Å². The molecule has 1 aliphatic rings. The number of benzene rings is 3. The molecule has 3 aromatic carbocycles. The molecule has 1 fully saturated rings. The molecule has 1 amide bonds. The maximum atomic E-state index is 13.5. The van der Waals surface area contributed by atoms with Crippen LogP contribution < -0.4 is 5.32 Å². The summed E-state index contributed by atoms with van der Waals surface area (Å²) in [6.45, 7) is 0. The van der Waals surface area contributed by atoms with Crippen molar-refractivity contribution in [2.24, 2.45) is 0 Å². The molecule has 4 aromatic rings. The van der Waals surface area contributed by atoms with Gasteiger partial charge < -0.3 is 5.32 Å². The van der Waals surface area contributed by atoms with E-state index < -0.39 is 0 Å². The fourth-order valence-electron chi connectivity index (χ4n) is 3.31. The van der Waals surface area contributed by atoms with Crippen molar-refractivity contribution >= 4 is 16.9 Å². The summed E-state index contributed by atoms with van der Waals surface area (Å²) in [7, 11) is 0. The quantitative estimate of drug-likeness (QED) is 0.516. The Hall–Kier alpha value is -3.67. The van der Waals surface area contributed by atoms with E-state index >= 15 is 0 Å². The van der Waals surface area contributed by atoms with Gasteiger partial charge in [-0.05, 0) is 79.6 Å². The first-order valence-electron chi connectivity index (χ1n) is 9.71. The first-order valence-corrected chi connectivity index (χ1v) is 9.71. The molecule has 1 saturated carbocycles. The van der Waals surface area contributed by atoms with Gasteiger partial charge in [0.15, 0.2) is 0 Å². The number of nitrogens with zero attached hydrogens (tertiary/aromatic N) is 2. The van der Waals surface area contributed by atoms with Crippen LogP contribution in [0.2, 0.25) is 0 Å². The van der Waals surface area contributed by atoms with Crippen LogP contribution in [0.25, 0.3) is 33.5 Å². The molecule has 1 aromatic heterocycles. The summed E-state index contributed by atoms with van der Waals surface area (Å²) in [6, 6.07) is 17.4. The van der Waals surface area contributed by atoms with Crippen molar-refractivity contribution < 1.29 is 13.6 Å². The van der Waals surface area contributed by atoms with Crippen LogP contribution in [-0.4, -0.2) is 21.9 Å². The molecule has 0 radical (unpaired) electrons. The highest BCUT2D eigenvalue weighted by molar-refractivity contribution is 5.98. The Kier molecular flexibility index (Phi) is 4.47. The van der Waals surface area contributed by atoms with Gasteiger partial charge in [0.05, 0.1) is 22.4 Å². The summed E-state index contributed by atoms with van der Waals surface area (Å²) in [5, 5.41) is 2.97. The minimum Gasteiger partial charge on any atom is -0.349 e. The highest BCUT2D eigenvalue weighted by atomic mass is 19.1. The molecule has 30 heavy (non-hydrogen) atoms. The molecule has 0 unspecified atom stereocenters. The number of hydrogen-bond acceptors (Lipinski definition) is 3. The molecule has 0 saturated heterocycles. The Morgan fingerprint density at radius 1 is 0.767 bits per heavy atom. The highest BCUT2D eigenvalue weighted by Crippen LogP contribution is 2.31. The summed E-state index contributed by atoms with van der Waals surface area (Å²) in [5.74, 6) is -0.829. The van der Waals surface area contributed by atoms with E-state index in [4.69, 9.17) is 9.97 Å². The molecule has 0 aliphatic heterocycles. The van der Waals surface area contributed by atoms with Crippen LogP contribution in [0.3, 0.4) is 0 Å². The minimum absolute atomic E-state index is 0.132. The second-order valence-electron chi connectivity index (χ2n) is 7.39. The lowest BCUT2D eigenvalue weighted by Crippen LogP contribution is -2.25. The fourth-order valence-corrected chi connectivity index (χ4v) is 3.31. The van der Waals surface area contributed by atoms with Gasteiger partial charge in [-0.1, -0.05) is 0 Å². The van der Waals surface area contributed by atoms with Crippen molar-refractivity contribution in [3.63, 3.8) is 0 Å². The van der Waals surface area contributed by atoms with Gasteiger partial charge in [-0.25, -0.2) is 18.7 Å². The van der Waals surface area contributed by atoms with Crippen molar-refractivity contribution in [2.75, 3.05) is 0 Å². The predicted molar refractivity (Wildman–Crippen MR) is 111 cm³/mol. The summed E-state index contributed by atoms with van der Waals surface area (Å²) >= 11 is 0. The van der Waals surface area contributed by atoms with E-state index in [0.29, 0.717) is 39.1 Å². The van der Waals surface area contributed by atoms with Gasteiger partial charge in [0.1, 0.15) is 11.6 Å². The van der Waals surface area contributed by atoms with Crippen molar-refractivity contribution in [1.82, 2.24) is 15.3 Å². The molecule has 6 heteroatoms. The Morgan fingerprint density at radius 2 is 1.30 bits per heavy atom. The number of carbonyl (C=O) groups is 1. The lowest BCUT2D eigenvalue weighted by Gasteiger charge is -2.11. The largest absolute Gasteiger partial charge is 0.349 e. The monoisotopic (exact) mass is 401 g/mol. The number of carbonyl (C=O) groups excluding carboxylic acids is 1. The first-order chi connectivity index (χ1) is 14.6. The zero-order chi connectivity index (χ0) is 20.7. The second kappa shape index (κ2) is 7.30. The van der Waals surface area contributed by atoms with Gasteiger partial charge in [0, 0.05) is 22.7 Å². The summed E-state index contributed by atoms with van der Waals surface area (Å²) < 4.78 is 26.9. The maximum absolute atomic E-state index is 13.5. The smallest absolute Gasteiger partial charge is 0.251 e. The normalized spacial score (nSPS) is 13.4. The molecule has 148 valence electrons. The number of hydrogen-bond donors (Lipinski definition) is 1. The number of nitrogens with one attached hydrogen (secondary N) is 1.